The van der Waals surface area contributed by atoms with Crippen LogP contribution in [-0.4, -0.2) is 37.6 Å². The first-order chi connectivity index (χ1) is 6.52. The van der Waals surface area contributed by atoms with Gasteiger partial charge in [0.05, 0.1) is 0 Å². The molecule has 6 nitrogen and oxygen atoms in total. The lowest BCUT2D eigenvalue weighted by atomic mass is 10.4. The third-order valence-electron chi connectivity index (χ3n) is 1.57. The molecule has 0 spiro atoms. The molecule has 2 unspecified atom stereocenters. The van der Waals surface area contributed by atoms with Crippen LogP contribution in [0.25, 0.3) is 0 Å². The van der Waals surface area contributed by atoms with Gasteiger partial charge in [0.2, 0.25) is 11.2 Å². The molecule has 7 heteroatoms. The van der Waals surface area contributed by atoms with Crippen molar-refractivity contribution in [2.24, 2.45) is 0 Å². The number of aliphatic hydroxyl groups excluding tert-OH is 2. The number of hydrogen-bond acceptors (Lipinski definition) is 6. The minimum absolute atomic E-state index is 0.0151. The van der Waals surface area contributed by atoms with Crippen molar-refractivity contribution in [3.63, 3.8) is 0 Å². The van der Waals surface area contributed by atoms with Crippen LogP contribution in [0.1, 0.15) is 13.8 Å². The van der Waals surface area contributed by atoms with Gasteiger partial charge in [-0.25, -0.2) is 9.97 Å². The highest BCUT2D eigenvalue weighted by Gasteiger charge is 2.19. The van der Waals surface area contributed by atoms with Gasteiger partial charge in [0.1, 0.15) is 18.8 Å². The maximum atomic E-state index is 9.35. The van der Waals surface area contributed by atoms with Gasteiger partial charge in [-0.3, -0.25) is 4.90 Å². The predicted octanol–water partition coefficient (Wildman–Crippen LogP) is 0.00800. The van der Waals surface area contributed by atoms with Crippen LogP contribution in [0.15, 0.2) is 6.33 Å². The second kappa shape index (κ2) is 4.50. The first-order valence-corrected chi connectivity index (χ1v) is 4.39. The Kier molecular flexibility index (Phi) is 3.56. The van der Waals surface area contributed by atoms with E-state index in [-0.39, 0.29) is 11.2 Å². The lowest BCUT2D eigenvalue weighted by Crippen LogP contribution is -2.41. The molecule has 14 heavy (non-hydrogen) atoms. The molecule has 0 radical (unpaired) electrons. The van der Waals surface area contributed by atoms with E-state index in [4.69, 9.17) is 11.6 Å². The van der Waals surface area contributed by atoms with Crippen LogP contribution in [0.2, 0.25) is 5.28 Å². The molecule has 0 saturated carbocycles. The van der Waals surface area contributed by atoms with Gasteiger partial charge in [-0.1, -0.05) is 0 Å². The van der Waals surface area contributed by atoms with Gasteiger partial charge in [0.15, 0.2) is 0 Å². The molecule has 0 saturated heterocycles. The van der Waals surface area contributed by atoms with E-state index in [1.165, 1.54) is 25.1 Å². The summed E-state index contributed by atoms with van der Waals surface area (Å²) < 4.78 is 0. The van der Waals surface area contributed by atoms with Gasteiger partial charge in [-0.05, 0) is 25.4 Å². The summed E-state index contributed by atoms with van der Waals surface area (Å²) in [7, 11) is 0. The predicted molar refractivity (Wildman–Crippen MR) is 50.7 cm³/mol. The van der Waals surface area contributed by atoms with E-state index < -0.39 is 12.5 Å². The van der Waals surface area contributed by atoms with E-state index in [2.05, 4.69) is 15.0 Å². The Labute approximate surface area is 86.2 Å². The van der Waals surface area contributed by atoms with Crippen LogP contribution in [-0.2, 0) is 0 Å². The van der Waals surface area contributed by atoms with Gasteiger partial charge >= 0.3 is 0 Å². The molecule has 0 aliphatic rings. The summed E-state index contributed by atoms with van der Waals surface area (Å²) in [6.45, 7) is 2.98. The van der Waals surface area contributed by atoms with Crippen molar-refractivity contribution in [2.45, 2.75) is 26.3 Å². The minimum Gasteiger partial charge on any atom is -0.374 e. The molecule has 2 atom stereocenters. The van der Waals surface area contributed by atoms with Crippen LogP contribution in [0, 0.1) is 0 Å². The van der Waals surface area contributed by atoms with E-state index in [0.29, 0.717) is 0 Å². The Morgan fingerprint density at radius 1 is 1.29 bits per heavy atom. The first-order valence-electron chi connectivity index (χ1n) is 4.01. The molecule has 0 aliphatic heterocycles. The Morgan fingerprint density at radius 3 is 2.29 bits per heavy atom. The Hall–Kier alpha value is -0.980. The molecule has 0 bridgehead atoms. The molecule has 0 fully saturated rings. The summed E-state index contributed by atoms with van der Waals surface area (Å²) in [5.41, 5.74) is 0. The first kappa shape index (κ1) is 11.1. The number of rotatable bonds is 3. The maximum absolute atomic E-state index is 9.35. The van der Waals surface area contributed by atoms with Gasteiger partial charge < -0.3 is 10.2 Å². The minimum atomic E-state index is -0.909. The highest BCUT2D eigenvalue weighted by molar-refractivity contribution is 6.28. The molecule has 0 amide bonds. The molecular weight excluding hydrogens is 208 g/mol. The zero-order chi connectivity index (χ0) is 10.7. The fraction of sp³-hybridized carbons (Fsp3) is 0.571. The highest BCUT2D eigenvalue weighted by atomic mass is 35.5. The third-order valence-corrected chi connectivity index (χ3v) is 1.75. The number of halogens is 1. The fourth-order valence-electron chi connectivity index (χ4n) is 1.04. The number of aliphatic hydroxyl groups is 2. The van der Waals surface area contributed by atoms with E-state index in [1.807, 2.05) is 0 Å². The molecule has 1 heterocycles. The summed E-state index contributed by atoms with van der Waals surface area (Å²) in [6, 6.07) is 0. The van der Waals surface area contributed by atoms with Crippen molar-refractivity contribution in [3.8, 4) is 0 Å². The van der Waals surface area contributed by atoms with E-state index in [1.54, 1.807) is 0 Å². The van der Waals surface area contributed by atoms with Crippen molar-refractivity contribution in [2.75, 3.05) is 4.90 Å². The van der Waals surface area contributed by atoms with Crippen LogP contribution in [0.4, 0.5) is 5.95 Å². The van der Waals surface area contributed by atoms with Crippen molar-refractivity contribution in [1.82, 2.24) is 15.0 Å². The van der Waals surface area contributed by atoms with E-state index in [9.17, 15) is 10.2 Å². The molecule has 1 rings (SSSR count). The van der Waals surface area contributed by atoms with Crippen molar-refractivity contribution < 1.29 is 10.2 Å². The Balaban J connectivity index is 2.99. The van der Waals surface area contributed by atoms with E-state index >= 15 is 0 Å². The zero-order valence-corrected chi connectivity index (χ0v) is 8.55. The summed E-state index contributed by atoms with van der Waals surface area (Å²) in [4.78, 5) is 12.3. The van der Waals surface area contributed by atoms with Crippen LogP contribution < -0.4 is 4.90 Å². The molecule has 78 valence electrons. The van der Waals surface area contributed by atoms with Gasteiger partial charge in [0.25, 0.3) is 0 Å². The lowest BCUT2D eigenvalue weighted by molar-refractivity contribution is 0.102. The van der Waals surface area contributed by atoms with Crippen LogP contribution in [0.3, 0.4) is 0 Å². The molecular formula is C7H11ClN4O2. The monoisotopic (exact) mass is 218 g/mol. The standard InChI is InChI=1S/C7H11ClN4O2/c1-4(13)12(5(2)14)7-10-3-9-6(8)11-7/h3-5,13-14H,1-2H3. The molecule has 1 aromatic heterocycles. The molecule has 1 aromatic rings. The smallest absolute Gasteiger partial charge is 0.233 e. The quantitative estimate of drug-likeness (QED) is 0.696. The van der Waals surface area contributed by atoms with E-state index in [0.717, 1.165) is 0 Å². The van der Waals surface area contributed by atoms with Crippen molar-refractivity contribution >= 4 is 17.5 Å². The second-order valence-electron chi connectivity index (χ2n) is 2.73. The average Bonchev–Trinajstić information content (AvgIpc) is 2.02. The largest absolute Gasteiger partial charge is 0.374 e. The summed E-state index contributed by atoms with van der Waals surface area (Å²) in [6.07, 6.45) is -0.607. The number of aromatic nitrogens is 3. The normalized spacial score (nSPS) is 14.9. The zero-order valence-electron chi connectivity index (χ0n) is 7.79. The van der Waals surface area contributed by atoms with Gasteiger partial charge in [-0.15, -0.1) is 0 Å². The van der Waals surface area contributed by atoms with Gasteiger partial charge in [0, 0.05) is 0 Å². The Bertz CT molecular complexity index is 299. The fourth-order valence-corrected chi connectivity index (χ4v) is 1.16. The second-order valence-corrected chi connectivity index (χ2v) is 3.06. The van der Waals surface area contributed by atoms with Crippen molar-refractivity contribution in [3.05, 3.63) is 11.6 Å². The summed E-state index contributed by atoms with van der Waals surface area (Å²) >= 11 is 5.55. The maximum Gasteiger partial charge on any atom is 0.233 e. The van der Waals surface area contributed by atoms with Gasteiger partial charge in [-0.2, -0.15) is 4.98 Å². The molecule has 2 N–H and O–H groups in total. The molecule has 0 aromatic carbocycles. The molecule has 0 aliphatic carbocycles. The van der Waals surface area contributed by atoms with Crippen LogP contribution in [0.5, 0.6) is 0 Å². The SMILES string of the molecule is CC(O)N(c1ncnc(Cl)n1)C(C)O. The topological polar surface area (TPSA) is 82.4 Å². The third kappa shape index (κ3) is 2.50. The lowest BCUT2D eigenvalue weighted by Gasteiger charge is -2.27. The van der Waals surface area contributed by atoms with Crippen molar-refractivity contribution in [1.29, 1.82) is 0 Å². The summed E-state index contributed by atoms with van der Waals surface area (Å²) in [5, 5.41) is 18.7. The Morgan fingerprint density at radius 2 is 1.86 bits per heavy atom. The highest BCUT2D eigenvalue weighted by Crippen LogP contribution is 2.13. The van der Waals surface area contributed by atoms with Crippen LogP contribution >= 0.6 is 11.6 Å². The number of nitrogens with zero attached hydrogens (tertiary/aromatic N) is 4. The number of hydrogen-bond donors (Lipinski definition) is 2. The average molecular weight is 219 g/mol. The summed E-state index contributed by atoms with van der Waals surface area (Å²) in [5.74, 6) is 0.134. The number of anilines is 1.